The molecule has 6 nitrogen and oxygen atoms in total. The highest BCUT2D eigenvalue weighted by atomic mass is 15.3. The Labute approximate surface area is 165 Å². The first-order chi connectivity index (χ1) is 13.8. The SMILES string of the molecule is NC1CCC(Cn2nc(-c3ccccc3)c3cnc(N4CCCC4)nc32)CC1. The van der Waals surface area contributed by atoms with Gasteiger partial charge in [-0.05, 0) is 44.4 Å². The van der Waals surface area contributed by atoms with Crippen LogP contribution in [0.4, 0.5) is 5.95 Å². The van der Waals surface area contributed by atoms with E-state index in [2.05, 4.69) is 33.8 Å². The molecule has 6 heteroatoms. The Balaban J connectivity index is 1.55. The zero-order chi connectivity index (χ0) is 18.9. The highest BCUT2D eigenvalue weighted by Crippen LogP contribution is 2.31. The van der Waals surface area contributed by atoms with Gasteiger partial charge in [-0.15, -0.1) is 0 Å². The average Bonchev–Trinajstić information content (AvgIpc) is 3.39. The number of nitrogens with zero attached hydrogens (tertiary/aromatic N) is 5. The van der Waals surface area contributed by atoms with E-state index in [1.165, 1.54) is 25.7 Å². The number of nitrogens with two attached hydrogens (primary N) is 1. The Hall–Kier alpha value is -2.47. The molecule has 1 saturated carbocycles. The molecule has 2 aliphatic rings. The van der Waals surface area contributed by atoms with Crippen molar-refractivity contribution in [2.45, 2.75) is 51.1 Å². The van der Waals surface area contributed by atoms with Gasteiger partial charge in [0.25, 0.3) is 0 Å². The van der Waals surface area contributed by atoms with Crippen LogP contribution in [0, 0.1) is 5.92 Å². The minimum absolute atomic E-state index is 0.370. The van der Waals surface area contributed by atoms with Gasteiger partial charge in [0.2, 0.25) is 5.95 Å². The van der Waals surface area contributed by atoms with Crippen LogP contribution in [0.25, 0.3) is 22.3 Å². The summed E-state index contributed by atoms with van der Waals surface area (Å²) in [6.07, 6.45) is 8.99. The molecule has 1 aliphatic carbocycles. The number of hydrogen-bond donors (Lipinski definition) is 1. The van der Waals surface area contributed by atoms with Crippen LogP contribution in [-0.4, -0.2) is 38.9 Å². The molecule has 2 aromatic heterocycles. The van der Waals surface area contributed by atoms with Gasteiger partial charge in [0.15, 0.2) is 5.65 Å². The van der Waals surface area contributed by atoms with E-state index in [1.807, 2.05) is 12.3 Å². The smallest absolute Gasteiger partial charge is 0.227 e. The standard InChI is InChI=1S/C22H28N6/c23-18-10-8-16(9-11-18)15-28-21-19(20(26-28)17-6-2-1-3-7-17)14-24-22(25-21)27-12-4-5-13-27/h1-3,6-7,14,16,18H,4-5,8-13,15,23H2. The molecule has 28 heavy (non-hydrogen) atoms. The van der Waals surface area contributed by atoms with Gasteiger partial charge in [0, 0.05) is 37.4 Å². The van der Waals surface area contributed by atoms with Gasteiger partial charge in [-0.2, -0.15) is 10.1 Å². The third-order valence-corrected chi connectivity index (χ3v) is 6.23. The highest BCUT2D eigenvalue weighted by Gasteiger charge is 2.23. The molecule has 2 N–H and O–H groups in total. The van der Waals surface area contributed by atoms with E-state index in [4.69, 9.17) is 20.8 Å². The maximum Gasteiger partial charge on any atom is 0.227 e. The summed E-state index contributed by atoms with van der Waals surface area (Å²) in [7, 11) is 0. The Kier molecular flexibility index (Phi) is 4.72. The Bertz CT molecular complexity index is 936. The lowest BCUT2D eigenvalue weighted by molar-refractivity contribution is 0.288. The Morgan fingerprint density at radius 1 is 1.00 bits per heavy atom. The predicted octanol–water partition coefficient (Wildman–Crippen LogP) is 3.61. The van der Waals surface area contributed by atoms with Crippen molar-refractivity contribution in [2.24, 2.45) is 11.7 Å². The van der Waals surface area contributed by atoms with Crippen molar-refractivity contribution < 1.29 is 0 Å². The molecule has 2 fully saturated rings. The largest absolute Gasteiger partial charge is 0.341 e. The summed E-state index contributed by atoms with van der Waals surface area (Å²) in [4.78, 5) is 12.0. The second-order valence-corrected chi connectivity index (χ2v) is 8.28. The topological polar surface area (TPSA) is 72.9 Å². The highest BCUT2D eigenvalue weighted by molar-refractivity contribution is 5.91. The molecule has 3 aromatic rings. The molecular formula is C22H28N6. The molecule has 0 atom stereocenters. The quantitative estimate of drug-likeness (QED) is 0.753. The van der Waals surface area contributed by atoms with Crippen molar-refractivity contribution in [2.75, 3.05) is 18.0 Å². The second kappa shape index (κ2) is 7.51. The van der Waals surface area contributed by atoms with Crippen molar-refractivity contribution in [3.05, 3.63) is 36.5 Å². The second-order valence-electron chi connectivity index (χ2n) is 8.28. The van der Waals surface area contributed by atoms with Crippen LogP contribution >= 0.6 is 0 Å². The number of fused-ring (bicyclic) bond motifs is 1. The molecule has 1 saturated heterocycles. The molecule has 1 aromatic carbocycles. The fraction of sp³-hybridized carbons (Fsp3) is 0.500. The van der Waals surface area contributed by atoms with Crippen molar-refractivity contribution in [1.82, 2.24) is 19.7 Å². The van der Waals surface area contributed by atoms with E-state index >= 15 is 0 Å². The van der Waals surface area contributed by atoms with Crippen LogP contribution in [0.3, 0.4) is 0 Å². The van der Waals surface area contributed by atoms with Crippen molar-refractivity contribution in [3.63, 3.8) is 0 Å². The average molecular weight is 377 g/mol. The first-order valence-electron chi connectivity index (χ1n) is 10.6. The molecule has 0 amide bonds. The predicted molar refractivity (Wildman–Crippen MR) is 112 cm³/mol. The zero-order valence-electron chi connectivity index (χ0n) is 16.3. The molecule has 0 bridgehead atoms. The molecule has 1 aliphatic heterocycles. The van der Waals surface area contributed by atoms with E-state index in [0.29, 0.717) is 12.0 Å². The lowest BCUT2D eigenvalue weighted by atomic mass is 9.86. The lowest BCUT2D eigenvalue weighted by Gasteiger charge is -2.26. The minimum atomic E-state index is 0.370. The van der Waals surface area contributed by atoms with Crippen molar-refractivity contribution in [1.29, 1.82) is 0 Å². The first kappa shape index (κ1) is 17.6. The van der Waals surface area contributed by atoms with Crippen LogP contribution in [0.5, 0.6) is 0 Å². The van der Waals surface area contributed by atoms with E-state index in [1.54, 1.807) is 0 Å². The first-order valence-corrected chi connectivity index (χ1v) is 10.6. The molecular weight excluding hydrogens is 348 g/mol. The van der Waals surface area contributed by atoms with E-state index in [-0.39, 0.29) is 0 Å². The number of hydrogen-bond acceptors (Lipinski definition) is 5. The molecule has 0 spiro atoms. The maximum absolute atomic E-state index is 6.10. The fourth-order valence-electron chi connectivity index (χ4n) is 4.57. The number of anilines is 1. The lowest BCUT2D eigenvalue weighted by Crippen LogP contribution is -2.28. The summed E-state index contributed by atoms with van der Waals surface area (Å²) in [5, 5.41) is 6.05. The third-order valence-electron chi connectivity index (χ3n) is 6.23. The van der Waals surface area contributed by atoms with E-state index in [0.717, 1.165) is 60.7 Å². The summed E-state index contributed by atoms with van der Waals surface area (Å²) >= 11 is 0. The maximum atomic E-state index is 6.10. The van der Waals surface area contributed by atoms with Crippen LogP contribution < -0.4 is 10.6 Å². The summed E-state index contributed by atoms with van der Waals surface area (Å²) < 4.78 is 2.13. The van der Waals surface area contributed by atoms with Crippen LogP contribution in [0.2, 0.25) is 0 Å². The third kappa shape index (κ3) is 3.37. The van der Waals surface area contributed by atoms with E-state index < -0.39 is 0 Å². The number of aromatic nitrogens is 4. The van der Waals surface area contributed by atoms with Gasteiger partial charge >= 0.3 is 0 Å². The van der Waals surface area contributed by atoms with Crippen molar-refractivity contribution >= 4 is 17.0 Å². The van der Waals surface area contributed by atoms with Gasteiger partial charge in [0.05, 0.1) is 5.39 Å². The van der Waals surface area contributed by atoms with Crippen LogP contribution in [0.15, 0.2) is 36.5 Å². The molecule has 0 radical (unpaired) electrons. The number of benzene rings is 1. The molecule has 3 heterocycles. The Morgan fingerprint density at radius 3 is 2.50 bits per heavy atom. The minimum Gasteiger partial charge on any atom is -0.341 e. The monoisotopic (exact) mass is 376 g/mol. The van der Waals surface area contributed by atoms with Gasteiger partial charge in [-0.1, -0.05) is 30.3 Å². The van der Waals surface area contributed by atoms with E-state index in [9.17, 15) is 0 Å². The van der Waals surface area contributed by atoms with Gasteiger partial charge < -0.3 is 10.6 Å². The summed E-state index contributed by atoms with van der Waals surface area (Å²) in [5.74, 6) is 1.47. The fourth-order valence-corrected chi connectivity index (χ4v) is 4.57. The van der Waals surface area contributed by atoms with Gasteiger partial charge in [0.1, 0.15) is 5.69 Å². The van der Waals surface area contributed by atoms with Crippen LogP contribution in [0.1, 0.15) is 38.5 Å². The molecule has 0 unspecified atom stereocenters. The summed E-state index contributed by atoms with van der Waals surface area (Å²) in [5.41, 5.74) is 9.17. The molecule has 5 rings (SSSR count). The summed E-state index contributed by atoms with van der Waals surface area (Å²) in [6.45, 7) is 3.00. The van der Waals surface area contributed by atoms with Gasteiger partial charge in [-0.3, -0.25) is 0 Å². The Morgan fingerprint density at radius 2 is 1.75 bits per heavy atom. The zero-order valence-corrected chi connectivity index (χ0v) is 16.3. The normalized spacial score (nSPS) is 22.8. The van der Waals surface area contributed by atoms with Crippen molar-refractivity contribution in [3.8, 4) is 11.3 Å². The van der Waals surface area contributed by atoms with Gasteiger partial charge in [-0.25, -0.2) is 9.67 Å². The summed E-state index contributed by atoms with van der Waals surface area (Å²) in [6, 6.07) is 10.7. The van der Waals surface area contributed by atoms with Crippen LogP contribution in [-0.2, 0) is 6.54 Å². The number of rotatable bonds is 4. The molecule has 146 valence electrons.